The van der Waals surface area contributed by atoms with Gasteiger partial charge in [-0.25, -0.2) is 4.79 Å². The molecule has 39 heavy (non-hydrogen) atoms. The number of hydrogen-bond donors (Lipinski definition) is 4. The number of rotatable bonds is 10. The zero-order valence-electron chi connectivity index (χ0n) is 20.5. The molecule has 2 aliphatic rings. The average molecular weight is 586 g/mol. The zero-order chi connectivity index (χ0) is 27.9. The monoisotopic (exact) mass is 585 g/mol. The number of hydrogen-bond acceptors (Lipinski definition) is 7. The van der Waals surface area contributed by atoms with Gasteiger partial charge in [-0.3, -0.25) is 14.4 Å². The van der Waals surface area contributed by atoms with Crippen molar-refractivity contribution in [2.75, 3.05) is 36.5 Å². The largest absolute Gasteiger partial charge is 0.433 e. The molecule has 2 aromatic rings. The second kappa shape index (κ2) is 13.0. The molecule has 15 heteroatoms. The number of nitrogens with one attached hydrogen (secondary N) is 4. The molecular weight excluding hydrogens is 560 g/mol. The quantitative estimate of drug-likeness (QED) is 0.338. The summed E-state index contributed by atoms with van der Waals surface area (Å²) in [5, 5.41) is 10.4. The summed E-state index contributed by atoms with van der Waals surface area (Å²) in [6.45, 7) is -3.29. The van der Waals surface area contributed by atoms with Crippen LogP contribution < -0.4 is 30.9 Å². The minimum Gasteiger partial charge on any atom is -0.433 e. The van der Waals surface area contributed by atoms with E-state index in [0.29, 0.717) is 9.21 Å². The molecule has 0 unspecified atom stereocenters. The van der Waals surface area contributed by atoms with Crippen LogP contribution in [0.5, 0.6) is 5.75 Å². The molecule has 1 aliphatic carbocycles. The van der Waals surface area contributed by atoms with Crippen molar-refractivity contribution in [3.05, 3.63) is 39.5 Å². The Morgan fingerprint density at radius 1 is 1.21 bits per heavy atom. The molecule has 1 aliphatic heterocycles. The number of amides is 5. The van der Waals surface area contributed by atoms with Crippen LogP contribution in [-0.4, -0.2) is 68.8 Å². The Kier molecular flexibility index (Phi) is 9.54. The summed E-state index contributed by atoms with van der Waals surface area (Å²) in [6.07, 6.45) is 2.64. The van der Waals surface area contributed by atoms with E-state index < -0.39 is 36.4 Å². The lowest BCUT2D eigenvalue weighted by molar-refractivity contribution is -0.125. The maximum atomic E-state index is 13.1. The fraction of sp³-hybridized carbons (Fsp3) is 0.417. The van der Waals surface area contributed by atoms with Gasteiger partial charge >= 0.3 is 12.6 Å². The summed E-state index contributed by atoms with van der Waals surface area (Å²) in [7, 11) is 0. The first-order valence-electron chi connectivity index (χ1n) is 12.1. The minimum absolute atomic E-state index is 0.000981. The normalized spacial score (nSPS) is 16.3. The van der Waals surface area contributed by atoms with Crippen molar-refractivity contribution in [2.45, 2.75) is 38.0 Å². The van der Waals surface area contributed by atoms with Crippen LogP contribution in [0.4, 0.5) is 25.0 Å². The Morgan fingerprint density at radius 2 is 2.00 bits per heavy atom. The van der Waals surface area contributed by atoms with E-state index in [0.717, 1.165) is 36.7 Å². The number of ether oxygens (including phenoxy) is 2. The number of nitrogens with zero attached hydrogens (tertiary/aromatic N) is 1. The molecule has 2 fully saturated rings. The molecule has 210 valence electrons. The fourth-order valence-corrected chi connectivity index (χ4v) is 4.83. The predicted molar refractivity (Wildman–Crippen MR) is 140 cm³/mol. The summed E-state index contributed by atoms with van der Waals surface area (Å²) in [5.41, 5.74) is 0.167. The number of halogens is 3. The van der Waals surface area contributed by atoms with Crippen molar-refractivity contribution in [1.82, 2.24) is 16.0 Å². The van der Waals surface area contributed by atoms with Gasteiger partial charge in [0.25, 0.3) is 11.8 Å². The summed E-state index contributed by atoms with van der Waals surface area (Å²) in [4.78, 5) is 51.9. The van der Waals surface area contributed by atoms with E-state index in [9.17, 15) is 28.0 Å². The van der Waals surface area contributed by atoms with E-state index in [4.69, 9.17) is 16.3 Å². The van der Waals surface area contributed by atoms with Crippen LogP contribution in [0.25, 0.3) is 0 Å². The van der Waals surface area contributed by atoms with Crippen LogP contribution in [-0.2, 0) is 14.3 Å². The summed E-state index contributed by atoms with van der Waals surface area (Å²) >= 11 is 6.93. The van der Waals surface area contributed by atoms with Crippen LogP contribution in [0.3, 0.4) is 0 Å². The number of morpholine rings is 1. The first-order chi connectivity index (χ1) is 18.7. The average Bonchev–Trinajstić information content (AvgIpc) is 3.30. The van der Waals surface area contributed by atoms with Crippen LogP contribution in [0.15, 0.2) is 30.3 Å². The minimum atomic E-state index is -3.18. The molecule has 4 N–H and O–H groups in total. The van der Waals surface area contributed by atoms with E-state index in [1.807, 2.05) is 0 Å². The molecule has 0 radical (unpaired) electrons. The molecule has 11 nitrogen and oxygen atoms in total. The van der Waals surface area contributed by atoms with Crippen molar-refractivity contribution in [3.8, 4) is 5.75 Å². The second-order valence-electron chi connectivity index (χ2n) is 8.76. The molecule has 1 saturated heterocycles. The number of alkyl halides is 2. The fourth-order valence-electron chi connectivity index (χ4n) is 3.87. The second-order valence-corrected chi connectivity index (χ2v) is 10.5. The highest BCUT2D eigenvalue weighted by Gasteiger charge is 2.27. The van der Waals surface area contributed by atoms with Gasteiger partial charge in [0.15, 0.2) is 5.75 Å². The Balaban J connectivity index is 1.48. The van der Waals surface area contributed by atoms with Crippen LogP contribution in [0, 0.1) is 0 Å². The van der Waals surface area contributed by atoms with Gasteiger partial charge in [0.1, 0.15) is 12.6 Å². The molecular formula is C24H26ClF2N5O6S. The Morgan fingerprint density at radius 3 is 2.64 bits per heavy atom. The highest BCUT2D eigenvalue weighted by Crippen LogP contribution is 2.33. The first-order valence-corrected chi connectivity index (χ1v) is 13.3. The molecule has 1 saturated carbocycles. The smallest absolute Gasteiger partial charge is 0.387 e. The van der Waals surface area contributed by atoms with Gasteiger partial charge in [0.2, 0.25) is 5.91 Å². The van der Waals surface area contributed by atoms with Crippen molar-refractivity contribution < 1.29 is 37.4 Å². The van der Waals surface area contributed by atoms with E-state index in [2.05, 4.69) is 26.0 Å². The summed E-state index contributed by atoms with van der Waals surface area (Å²) < 4.78 is 36.4. The van der Waals surface area contributed by atoms with Crippen molar-refractivity contribution in [2.24, 2.45) is 0 Å². The zero-order valence-corrected chi connectivity index (χ0v) is 22.1. The maximum Gasteiger partial charge on any atom is 0.387 e. The number of thiophene rings is 1. The maximum absolute atomic E-state index is 13.1. The third-order valence-electron chi connectivity index (χ3n) is 6.05. The Hall–Kier alpha value is -3.49. The molecule has 5 amide bonds. The molecule has 4 rings (SSSR count). The van der Waals surface area contributed by atoms with E-state index in [1.54, 1.807) is 6.07 Å². The molecule has 1 aromatic heterocycles. The van der Waals surface area contributed by atoms with Gasteiger partial charge < -0.3 is 35.6 Å². The van der Waals surface area contributed by atoms with Gasteiger partial charge in [0.05, 0.1) is 21.5 Å². The topological polar surface area (TPSA) is 138 Å². The first kappa shape index (κ1) is 28.5. The number of benzene rings is 1. The number of anilines is 2. The molecule has 0 bridgehead atoms. The van der Waals surface area contributed by atoms with Crippen LogP contribution >= 0.6 is 22.9 Å². The SMILES string of the molecule is O=C(NC1CCC1)N[C@H](CNC(=O)c1ccc(Cl)s1)C(=O)Nc1ccc(N2CCOCC2=O)c(OC(F)F)c1. The lowest BCUT2D eigenvalue weighted by Crippen LogP contribution is -2.55. The van der Waals surface area contributed by atoms with Crippen LogP contribution in [0.1, 0.15) is 28.9 Å². The Bertz CT molecular complexity index is 1230. The van der Waals surface area contributed by atoms with E-state index in [-0.39, 0.29) is 49.5 Å². The van der Waals surface area contributed by atoms with Crippen LogP contribution in [0.2, 0.25) is 4.34 Å². The highest BCUT2D eigenvalue weighted by atomic mass is 35.5. The van der Waals surface area contributed by atoms with Gasteiger partial charge in [-0.1, -0.05) is 11.6 Å². The Labute approximate surface area is 231 Å². The van der Waals surface area contributed by atoms with Crippen molar-refractivity contribution >= 4 is 58.1 Å². The third kappa shape index (κ3) is 7.77. The predicted octanol–water partition coefficient (Wildman–Crippen LogP) is 2.95. The standard InChI is InChI=1S/C24H26ClF2N5O6S/c25-19-7-6-18(39-19)22(35)28-11-15(31-24(36)30-13-2-1-3-13)21(34)29-14-4-5-16(17(10-14)38-23(26)27)32-8-9-37-12-20(32)33/h4-7,10,13,15,23H,1-3,8-9,11-12H2,(H,28,35)(H,29,34)(H2,30,31,36)/t15-/m1/s1. The summed E-state index contributed by atoms with van der Waals surface area (Å²) in [5.74, 6) is -1.96. The van der Waals surface area contributed by atoms with Gasteiger partial charge in [-0.05, 0) is 43.5 Å². The molecule has 2 heterocycles. The number of carbonyl (C=O) groups is 4. The van der Waals surface area contributed by atoms with E-state index >= 15 is 0 Å². The lowest BCUT2D eigenvalue weighted by atomic mass is 9.93. The van der Waals surface area contributed by atoms with Crippen molar-refractivity contribution in [1.29, 1.82) is 0 Å². The molecule has 0 spiro atoms. The van der Waals surface area contributed by atoms with Gasteiger partial charge in [-0.2, -0.15) is 8.78 Å². The number of carbonyl (C=O) groups excluding carboxylic acids is 4. The third-order valence-corrected chi connectivity index (χ3v) is 7.28. The molecule has 1 atom stereocenters. The summed E-state index contributed by atoms with van der Waals surface area (Å²) in [6, 6.07) is 5.21. The lowest BCUT2D eigenvalue weighted by Gasteiger charge is -2.29. The van der Waals surface area contributed by atoms with Gasteiger partial charge in [0, 0.05) is 30.9 Å². The van der Waals surface area contributed by atoms with Crippen molar-refractivity contribution in [3.63, 3.8) is 0 Å². The number of urea groups is 1. The highest BCUT2D eigenvalue weighted by molar-refractivity contribution is 7.18. The van der Waals surface area contributed by atoms with Gasteiger partial charge in [-0.15, -0.1) is 11.3 Å². The van der Waals surface area contributed by atoms with E-state index in [1.165, 1.54) is 23.1 Å². The molecule has 1 aromatic carbocycles.